The number of methoxy groups -OCH3 is 1. The van der Waals surface area contributed by atoms with Gasteiger partial charge in [0.15, 0.2) is 5.60 Å². The molecule has 1 atom stereocenters. The van der Waals surface area contributed by atoms with E-state index in [1.54, 1.807) is 12.1 Å². The Morgan fingerprint density at radius 1 is 0.900 bits per heavy atom. The number of nitrogens with zero attached hydrogens (tertiary/aromatic N) is 1. The van der Waals surface area contributed by atoms with Crippen LogP contribution in [0.4, 0.5) is 17.1 Å². The van der Waals surface area contributed by atoms with Crippen LogP contribution in [0.5, 0.6) is 11.5 Å². The van der Waals surface area contributed by atoms with Crippen molar-refractivity contribution in [2.45, 2.75) is 26.4 Å². The number of rotatable bonds is 6. The molecule has 1 unspecified atom stereocenters. The van der Waals surface area contributed by atoms with Crippen molar-refractivity contribution in [1.29, 1.82) is 0 Å². The van der Waals surface area contributed by atoms with E-state index in [2.05, 4.69) is 30.1 Å². The minimum absolute atomic E-state index is 0.365. The molecule has 0 radical (unpaired) electrons. The number of esters is 2. The Bertz CT molecular complexity index is 1640. The predicted octanol–water partition coefficient (Wildman–Crippen LogP) is 6.94. The fraction of sp³-hybridized carbons (Fsp3) is 0.212. The number of carbonyl (C=O) groups is 2. The Balaban J connectivity index is 1.50. The third-order valence-electron chi connectivity index (χ3n) is 7.76. The van der Waals surface area contributed by atoms with Crippen LogP contribution in [0.15, 0.2) is 78.9 Å². The lowest BCUT2D eigenvalue weighted by atomic mass is 9.77. The molecule has 0 saturated carbocycles. The highest BCUT2D eigenvalue weighted by molar-refractivity contribution is 5.97. The normalized spacial score (nSPS) is 16.4. The highest BCUT2D eigenvalue weighted by Gasteiger charge is 2.53. The molecule has 0 saturated heterocycles. The van der Waals surface area contributed by atoms with Crippen LogP contribution in [0.2, 0.25) is 0 Å². The third-order valence-corrected chi connectivity index (χ3v) is 7.76. The molecule has 0 aromatic heterocycles. The van der Waals surface area contributed by atoms with Gasteiger partial charge in [-0.2, -0.15) is 0 Å². The van der Waals surface area contributed by atoms with E-state index >= 15 is 0 Å². The predicted molar refractivity (Wildman–Crippen MR) is 154 cm³/mol. The molecular weight excluding hydrogens is 504 g/mol. The van der Waals surface area contributed by atoms with Gasteiger partial charge in [-0.05, 0) is 80.9 Å². The molecule has 0 amide bonds. The van der Waals surface area contributed by atoms with Gasteiger partial charge in [-0.3, -0.25) is 0 Å². The largest absolute Gasteiger partial charge is 0.465 e. The highest BCUT2D eigenvalue weighted by Crippen LogP contribution is 2.57. The summed E-state index contributed by atoms with van der Waals surface area (Å²) in [7, 11) is 1.36. The lowest BCUT2D eigenvalue weighted by Crippen LogP contribution is -2.33. The Kier molecular flexibility index (Phi) is 6.22. The number of nitrogens with one attached hydrogen (secondary N) is 1. The number of benzene rings is 4. The van der Waals surface area contributed by atoms with Gasteiger partial charge in [-0.25, -0.2) is 9.59 Å². The number of anilines is 3. The standard InChI is InChI=1S/C33H30N2O5/c1-5-35(6-2)23-15-16-26-30(18-23)39-29-17-20(3)28(34-22-13-11-21(12-14-22)31(36)38-4)19-27(29)33(26)25-10-8-7-9-24(25)32(37)40-33/h7-19,34H,5-6H2,1-4H3. The molecule has 2 aliphatic heterocycles. The average Bonchev–Trinajstić information content (AvgIpc) is 3.27. The highest BCUT2D eigenvalue weighted by atomic mass is 16.6. The molecule has 40 heavy (non-hydrogen) atoms. The second kappa shape index (κ2) is 9.75. The lowest BCUT2D eigenvalue weighted by molar-refractivity contribution is 0.0224. The average molecular weight is 535 g/mol. The van der Waals surface area contributed by atoms with Gasteiger partial charge in [0.1, 0.15) is 11.5 Å². The number of aryl methyl sites for hydroxylation is 1. The van der Waals surface area contributed by atoms with Crippen molar-refractivity contribution in [3.8, 4) is 11.5 Å². The Morgan fingerprint density at radius 3 is 2.35 bits per heavy atom. The van der Waals surface area contributed by atoms with Gasteiger partial charge in [0.05, 0.1) is 18.2 Å². The summed E-state index contributed by atoms with van der Waals surface area (Å²) in [6.45, 7) is 7.97. The van der Waals surface area contributed by atoms with Gasteiger partial charge in [-0.1, -0.05) is 18.2 Å². The second-order valence-corrected chi connectivity index (χ2v) is 9.93. The van der Waals surface area contributed by atoms with E-state index in [4.69, 9.17) is 14.2 Å². The van der Waals surface area contributed by atoms with E-state index in [1.165, 1.54) is 7.11 Å². The van der Waals surface area contributed by atoms with Crippen LogP contribution < -0.4 is 15.0 Å². The molecule has 202 valence electrons. The lowest BCUT2D eigenvalue weighted by Gasteiger charge is -2.37. The van der Waals surface area contributed by atoms with Gasteiger partial charge in [-0.15, -0.1) is 0 Å². The summed E-state index contributed by atoms with van der Waals surface area (Å²) in [5, 5.41) is 3.46. The van der Waals surface area contributed by atoms with Crippen LogP contribution in [0, 0.1) is 6.92 Å². The van der Waals surface area contributed by atoms with Crippen molar-refractivity contribution < 1.29 is 23.8 Å². The molecule has 0 fully saturated rings. The monoisotopic (exact) mass is 534 g/mol. The van der Waals surface area contributed by atoms with E-state index in [1.807, 2.05) is 67.6 Å². The molecule has 4 aromatic carbocycles. The summed E-state index contributed by atoms with van der Waals surface area (Å²) >= 11 is 0. The summed E-state index contributed by atoms with van der Waals surface area (Å²) in [5.41, 5.74) is 5.80. The molecule has 1 N–H and O–H groups in total. The van der Waals surface area contributed by atoms with Gasteiger partial charge in [0.25, 0.3) is 0 Å². The summed E-state index contributed by atoms with van der Waals surface area (Å²) in [6.07, 6.45) is 0. The summed E-state index contributed by atoms with van der Waals surface area (Å²) in [6, 6.07) is 24.7. The maximum atomic E-state index is 13.3. The van der Waals surface area contributed by atoms with Crippen molar-refractivity contribution in [3.05, 3.63) is 112 Å². The third kappa shape index (κ3) is 3.88. The number of ether oxygens (including phenoxy) is 3. The molecular formula is C33H30N2O5. The van der Waals surface area contributed by atoms with Crippen LogP contribution in [-0.4, -0.2) is 32.1 Å². The van der Waals surface area contributed by atoms with E-state index in [-0.39, 0.29) is 11.9 Å². The number of fused-ring (bicyclic) bond motifs is 6. The van der Waals surface area contributed by atoms with E-state index < -0.39 is 5.60 Å². The van der Waals surface area contributed by atoms with Gasteiger partial charge >= 0.3 is 11.9 Å². The molecule has 6 rings (SSSR count). The number of hydrogen-bond donors (Lipinski definition) is 1. The maximum absolute atomic E-state index is 13.3. The SMILES string of the molecule is CCN(CC)c1ccc2c(c1)Oc1cc(C)c(Nc3ccc(C(=O)OC)cc3)cc1C21OC(=O)c2ccccc21. The zero-order valence-electron chi connectivity index (χ0n) is 22.9. The first kappa shape index (κ1) is 25.5. The summed E-state index contributed by atoms with van der Waals surface area (Å²) in [5.74, 6) is 0.550. The minimum Gasteiger partial charge on any atom is -0.465 e. The first-order valence-corrected chi connectivity index (χ1v) is 13.4. The first-order chi connectivity index (χ1) is 19.4. The summed E-state index contributed by atoms with van der Waals surface area (Å²) < 4.78 is 17.7. The maximum Gasteiger partial charge on any atom is 0.340 e. The Hall–Kier alpha value is -4.78. The summed E-state index contributed by atoms with van der Waals surface area (Å²) in [4.78, 5) is 27.4. The van der Waals surface area contributed by atoms with Crippen molar-refractivity contribution in [2.24, 2.45) is 0 Å². The van der Waals surface area contributed by atoms with Crippen molar-refractivity contribution in [3.63, 3.8) is 0 Å². The van der Waals surface area contributed by atoms with E-state index in [0.29, 0.717) is 22.6 Å². The van der Waals surface area contributed by atoms with Gasteiger partial charge in [0, 0.05) is 52.9 Å². The molecule has 2 aliphatic rings. The first-order valence-electron chi connectivity index (χ1n) is 13.4. The number of carbonyl (C=O) groups excluding carboxylic acids is 2. The van der Waals surface area contributed by atoms with E-state index in [0.717, 1.165) is 52.4 Å². The molecule has 0 aliphatic carbocycles. The topological polar surface area (TPSA) is 77.1 Å². The fourth-order valence-corrected chi connectivity index (χ4v) is 5.69. The second-order valence-electron chi connectivity index (χ2n) is 9.93. The quantitative estimate of drug-likeness (QED) is 0.269. The molecule has 2 heterocycles. The van der Waals surface area contributed by atoms with Crippen LogP contribution in [0.1, 0.15) is 56.8 Å². The van der Waals surface area contributed by atoms with Gasteiger partial charge < -0.3 is 24.4 Å². The molecule has 1 spiro atoms. The van der Waals surface area contributed by atoms with Crippen LogP contribution in [0.25, 0.3) is 0 Å². The molecule has 0 bridgehead atoms. The zero-order chi connectivity index (χ0) is 28.0. The number of hydrogen-bond acceptors (Lipinski definition) is 7. The zero-order valence-corrected chi connectivity index (χ0v) is 22.9. The Labute approximate surface area is 233 Å². The van der Waals surface area contributed by atoms with Crippen LogP contribution >= 0.6 is 0 Å². The van der Waals surface area contributed by atoms with Crippen LogP contribution in [-0.2, 0) is 15.1 Å². The van der Waals surface area contributed by atoms with E-state index in [9.17, 15) is 9.59 Å². The van der Waals surface area contributed by atoms with Crippen molar-refractivity contribution in [1.82, 2.24) is 0 Å². The fourth-order valence-electron chi connectivity index (χ4n) is 5.69. The van der Waals surface area contributed by atoms with Crippen LogP contribution in [0.3, 0.4) is 0 Å². The van der Waals surface area contributed by atoms with Crippen molar-refractivity contribution >= 4 is 29.0 Å². The minimum atomic E-state index is -1.16. The van der Waals surface area contributed by atoms with Crippen molar-refractivity contribution in [2.75, 3.05) is 30.4 Å². The molecule has 7 nitrogen and oxygen atoms in total. The smallest absolute Gasteiger partial charge is 0.340 e. The Morgan fingerprint density at radius 2 is 1.62 bits per heavy atom. The molecule has 7 heteroatoms. The van der Waals surface area contributed by atoms with Gasteiger partial charge in [0.2, 0.25) is 0 Å². The molecule has 4 aromatic rings.